The summed E-state index contributed by atoms with van der Waals surface area (Å²) in [5.41, 5.74) is 2.33. The molecular weight excluding hydrogens is 322 g/mol. The van der Waals surface area contributed by atoms with Crippen LogP contribution in [0.4, 0.5) is 0 Å². The molecule has 2 aliphatic heterocycles. The van der Waals surface area contributed by atoms with Crippen LogP contribution in [0.2, 0.25) is 0 Å². The van der Waals surface area contributed by atoms with Gasteiger partial charge in [-0.2, -0.15) is 0 Å². The highest BCUT2D eigenvalue weighted by Crippen LogP contribution is 2.40. The van der Waals surface area contributed by atoms with Crippen molar-refractivity contribution in [2.24, 2.45) is 0 Å². The maximum absolute atomic E-state index is 6.77. The molecule has 2 saturated heterocycles. The van der Waals surface area contributed by atoms with Gasteiger partial charge in [0, 0.05) is 17.6 Å². The fraction of sp³-hybridized carbons (Fsp3) is 0.478. The number of fused-ring (bicyclic) bond motifs is 2. The van der Waals surface area contributed by atoms with E-state index in [0.29, 0.717) is 24.8 Å². The molecular formula is C23H29NO2. The SMILES string of the molecule is CCOc1ccccc1C(OC1CC2CCC(C1)N2C)c1ccccc1. The lowest BCUT2D eigenvalue weighted by Gasteiger charge is -2.38. The van der Waals surface area contributed by atoms with Gasteiger partial charge in [-0.15, -0.1) is 0 Å². The average Bonchev–Trinajstić information content (AvgIpc) is 2.89. The number of hydrogen-bond donors (Lipinski definition) is 0. The lowest BCUT2D eigenvalue weighted by molar-refractivity contribution is -0.0433. The number of hydrogen-bond acceptors (Lipinski definition) is 3. The molecule has 2 heterocycles. The quantitative estimate of drug-likeness (QED) is 0.745. The standard InChI is InChI=1S/C23H29NO2/c1-3-25-22-12-8-7-11-21(22)23(17-9-5-4-6-10-17)26-20-15-18-13-14-19(16-20)24(18)2/h4-12,18-20,23H,3,13-16H2,1-2H3. The first-order chi connectivity index (χ1) is 12.8. The Bertz CT molecular complexity index is 703. The maximum Gasteiger partial charge on any atom is 0.125 e. The molecule has 0 radical (unpaired) electrons. The van der Waals surface area contributed by atoms with Crippen molar-refractivity contribution in [3.05, 3.63) is 65.7 Å². The molecule has 0 saturated carbocycles. The molecule has 0 amide bonds. The minimum Gasteiger partial charge on any atom is -0.493 e. The van der Waals surface area contributed by atoms with E-state index in [2.05, 4.69) is 60.5 Å². The molecule has 3 nitrogen and oxygen atoms in total. The van der Waals surface area contributed by atoms with E-state index < -0.39 is 0 Å². The molecule has 2 bridgehead atoms. The van der Waals surface area contributed by atoms with Gasteiger partial charge in [-0.1, -0.05) is 48.5 Å². The summed E-state index contributed by atoms with van der Waals surface area (Å²) in [5, 5.41) is 0. The molecule has 0 aliphatic carbocycles. The number of nitrogens with zero attached hydrogens (tertiary/aromatic N) is 1. The summed E-state index contributed by atoms with van der Waals surface area (Å²) in [7, 11) is 2.28. The van der Waals surface area contributed by atoms with Crippen LogP contribution in [0, 0.1) is 0 Å². The molecule has 3 unspecified atom stereocenters. The Morgan fingerprint density at radius 3 is 2.31 bits per heavy atom. The van der Waals surface area contributed by atoms with Gasteiger partial charge in [0.1, 0.15) is 11.9 Å². The van der Waals surface area contributed by atoms with Crippen LogP contribution in [-0.2, 0) is 4.74 Å². The van der Waals surface area contributed by atoms with Crippen molar-refractivity contribution in [3.63, 3.8) is 0 Å². The summed E-state index contributed by atoms with van der Waals surface area (Å²) in [6.45, 7) is 2.70. The molecule has 2 aromatic rings. The second-order valence-electron chi connectivity index (χ2n) is 7.54. The summed E-state index contributed by atoms with van der Waals surface area (Å²) in [6.07, 6.45) is 5.12. The third-order valence-corrected chi connectivity index (χ3v) is 5.99. The van der Waals surface area contributed by atoms with Crippen LogP contribution in [0.1, 0.15) is 49.8 Å². The van der Waals surface area contributed by atoms with Crippen LogP contribution in [0.3, 0.4) is 0 Å². The van der Waals surface area contributed by atoms with Gasteiger partial charge in [0.15, 0.2) is 0 Å². The molecule has 2 fully saturated rings. The molecule has 2 aliphatic rings. The Hall–Kier alpha value is -1.84. The monoisotopic (exact) mass is 351 g/mol. The highest BCUT2D eigenvalue weighted by Gasteiger charge is 2.40. The maximum atomic E-state index is 6.77. The van der Waals surface area contributed by atoms with Gasteiger partial charge in [-0.05, 0) is 51.3 Å². The summed E-state index contributed by atoms with van der Waals surface area (Å²) in [4.78, 5) is 2.56. The first kappa shape index (κ1) is 17.6. The Balaban J connectivity index is 1.62. The largest absolute Gasteiger partial charge is 0.493 e. The van der Waals surface area contributed by atoms with Gasteiger partial charge in [-0.25, -0.2) is 0 Å². The second kappa shape index (κ2) is 7.81. The van der Waals surface area contributed by atoms with Crippen LogP contribution in [0.25, 0.3) is 0 Å². The highest BCUT2D eigenvalue weighted by molar-refractivity contribution is 5.40. The molecule has 4 rings (SSSR count). The summed E-state index contributed by atoms with van der Waals surface area (Å²) >= 11 is 0. The van der Waals surface area contributed by atoms with E-state index in [1.807, 2.05) is 13.0 Å². The Labute approximate surface area is 156 Å². The summed E-state index contributed by atoms with van der Waals surface area (Å²) < 4.78 is 12.7. The van der Waals surface area contributed by atoms with E-state index in [0.717, 1.165) is 24.2 Å². The third kappa shape index (κ3) is 3.51. The fourth-order valence-electron chi connectivity index (χ4n) is 4.61. The Kier molecular flexibility index (Phi) is 5.28. The van der Waals surface area contributed by atoms with E-state index >= 15 is 0 Å². The topological polar surface area (TPSA) is 21.7 Å². The predicted molar refractivity (Wildman–Crippen MR) is 105 cm³/mol. The smallest absolute Gasteiger partial charge is 0.125 e. The van der Waals surface area contributed by atoms with Crippen LogP contribution < -0.4 is 4.74 Å². The number of rotatable bonds is 6. The van der Waals surface area contributed by atoms with Gasteiger partial charge in [-0.3, -0.25) is 0 Å². The van der Waals surface area contributed by atoms with Crippen LogP contribution in [0.5, 0.6) is 5.75 Å². The van der Waals surface area contributed by atoms with Gasteiger partial charge >= 0.3 is 0 Å². The minimum absolute atomic E-state index is 0.0771. The van der Waals surface area contributed by atoms with E-state index in [9.17, 15) is 0 Å². The number of benzene rings is 2. The van der Waals surface area contributed by atoms with Gasteiger partial charge in [0.05, 0.1) is 12.7 Å². The number of ether oxygens (including phenoxy) is 2. The van der Waals surface area contributed by atoms with E-state index in [1.165, 1.54) is 18.4 Å². The van der Waals surface area contributed by atoms with Crippen LogP contribution >= 0.6 is 0 Å². The predicted octanol–water partition coefficient (Wildman–Crippen LogP) is 4.82. The van der Waals surface area contributed by atoms with Crippen molar-refractivity contribution in [2.45, 2.75) is 56.9 Å². The molecule has 138 valence electrons. The van der Waals surface area contributed by atoms with Crippen LogP contribution in [-0.4, -0.2) is 36.7 Å². The zero-order chi connectivity index (χ0) is 17.9. The number of piperidine rings is 1. The average molecular weight is 351 g/mol. The van der Waals surface area contributed by atoms with Crippen molar-refractivity contribution >= 4 is 0 Å². The van der Waals surface area contributed by atoms with Crippen molar-refractivity contribution in [2.75, 3.05) is 13.7 Å². The third-order valence-electron chi connectivity index (χ3n) is 5.99. The molecule has 26 heavy (non-hydrogen) atoms. The van der Waals surface area contributed by atoms with Crippen molar-refractivity contribution in [1.82, 2.24) is 4.90 Å². The van der Waals surface area contributed by atoms with Crippen LogP contribution in [0.15, 0.2) is 54.6 Å². The molecule has 3 atom stereocenters. The molecule has 3 heteroatoms. The molecule has 2 aromatic carbocycles. The Morgan fingerprint density at radius 2 is 1.62 bits per heavy atom. The lowest BCUT2D eigenvalue weighted by Crippen LogP contribution is -2.43. The van der Waals surface area contributed by atoms with E-state index in [-0.39, 0.29) is 6.10 Å². The number of para-hydroxylation sites is 1. The van der Waals surface area contributed by atoms with Gasteiger partial charge in [0.2, 0.25) is 0 Å². The highest BCUT2D eigenvalue weighted by atomic mass is 16.5. The zero-order valence-corrected chi connectivity index (χ0v) is 15.8. The van der Waals surface area contributed by atoms with Crippen molar-refractivity contribution in [1.29, 1.82) is 0 Å². The van der Waals surface area contributed by atoms with E-state index in [1.54, 1.807) is 0 Å². The first-order valence-electron chi connectivity index (χ1n) is 9.90. The second-order valence-corrected chi connectivity index (χ2v) is 7.54. The zero-order valence-electron chi connectivity index (χ0n) is 15.8. The molecule has 0 aromatic heterocycles. The van der Waals surface area contributed by atoms with Crippen molar-refractivity contribution < 1.29 is 9.47 Å². The Morgan fingerprint density at radius 1 is 0.962 bits per heavy atom. The van der Waals surface area contributed by atoms with Gasteiger partial charge in [0.25, 0.3) is 0 Å². The fourth-order valence-corrected chi connectivity index (χ4v) is 4.61. The molecule has 0 N–H and O–H groups in total. The normalized spacial score (nSPS) is 26.6. The first-order valence-corrected chi connectivity index (χ1v) is 9.90. The summed E-state index contributed by atoms with van der Waals surface area (Å²) in [6, 6.07) is 20.2. The summed E-state index contributed by atoms with van der Waals surface area (Å²) in [5.74, 6) is 0.930. The minimum atomic E-state index is -0.0771. The van der Waals surface area contributed by atoms with Gasteiger partial charge < -0.3 is 14.4 Å². The lowest BCUT2D eigenvalue weighted by atomic mass is 9.97. The van der Waals surface area contributed by atoms with E-state index in [4.69, 9.17) is 9.47 Å². The molecule has 0 spiro atoms. The van der Waals surface area contributed by atoms with Crippen molar-refractivity contribution in [3.8, 4) is 5.75 Å².